The lowest BCUT2D eigenvalue weighted by Gasteiger charge is -2.33. The molecular formula is C30H32BrClN2O3. The molecule has 0 spiro atoms. The van der Waals surface area contributed by atoms with E-state index in [4.69, 9.17) is 16.3 Å². The molecule has 0 aliphatic heterocycles. The van der Waals surface area contributed by atoms with Gasteiger partial charge in [0.2, 0.25) is 5.91 Å². The third-order valence-electron chi connectivity index (χ3n) is 6.65. The number of ether oxygens (including phenoxy) is 1. The lowest BCUT2D eigenvalue weighted by molar-refractivity contribution is -0.143. The van der Waals surface area contributed by atoms with Crippen LogP contribution in [0.2, 0.25) is 5.02 Å². The summed E-state index contributed by atoms with van der Waals surface area (Å²) in [5.41, 5.74) is 1.93. The lowest BCUT2D eigenvalue weighted by atomic mass is 9.94. The summed E-state index contributed by atoms with van der Waals surface area (Å²) >= 11 is 9.56. The number of halogens is 2. The first-order valence-electron chi connectivity index (χ1n) is 12.7. The van der Waals surface area contributed by atoms with Gasteiger partial charge in [-0.25, -0.2) is 0 Å². The highest BCUT2D eigenvalue weighted by molar-refractivity contribution is 9.10. The van der Waals surface area contributed by atoms with Crippen molar-refractivity contribution in [2.24, 2.45) is 0 Å². The smallest absolute Gasteiger partial charge is 0.261 e. The Morgan fingerprint density at radius 1 is 0.946 bits per heavy atom. The number of carbonyl (C=O) groups excluding carboxylic acids is 2. The van der Waals surface area contributed by atoms with Crippen molar-refractivity contribution in [1.82, 2.24) is 10.2 Å². The minimum atomic E-state index is -0.677. The summed E-state index contributed by atoms with van der Waals surface area (Å²) < 4.78 is 6.75. The van der Waals surface area contributed by atoms with Gasteiger partial charge in [-0.15, -0.1) is 0 Å². The zero-order chi connectivity index (χ0) is 26.0. The van der Waals surface area contributed by atoms with Crippen molar-refractivity contribution in [2.45, 2.75) is 57.2 Å². The Balaban J connectivity index is 1.60. The molecule has 0 heterocycles. The predicted molar refractivity (Wildman–Crippen MR) is 151 cm³/mol. The van der Waals surface area contributed by atoms with Crippen molar-refractivity contribution in [3.05, 3.63) is 99.5 Å². The summed E-state index contributed by atoms with van der Waals surface area (Å²) in [7, 11) is 0. The van der Waals surface area contributed by atoms with Crippen LogP contribution in [-0.4, -0.2) is 35.4 Å². The van der Waals surface area contributed by atoms with Crippen molar-refractivity contribution in [3.63, 3.8) is 0 Å². The molecule has 1 aliphatic rings. The first-order chi connectivity index (χ1) is 18.0. The van der Waals surface area contributed by atoms with Crippen LogP contribution in [0.1, 0.15) is 43.2 Å². The molecule has 194 valence electrons. The topological polar surface area (TPSA) is 58.6 Å². The van der Waals surface area contributed by atoms with Crippen molar-refractivity contribution in [3.8, 4) is 5.75 Å². The third kappa shape index (κ3) is 8.34. The fourth-order valence-corrected chi connectivity index (χ4v) is 5.11. The molecule has 7 heteroatoms. The number of nitrogens with one attached hydrogen (secondary N) is 1. The van der Waals surface area contributed by atoms with Crippen LogP contribution in [0.3, 0.4) is 0 Å². The van der Waals surface area contributed by atoms with Gasteiger partial charge in [-0.05, 0) is 54.3 Å². The highest BCUT2D eigenvalue weighted by Crippen LogP contribution is 2.21. The Kier molecular flexibility index (Phi) is 10.0. The van der Waals surface area contributed by atoms with Gasteiger partial charge in [0.1, 0.15) is 11.8 Å². The van der Waals surface area contributed by atoms with Gasteiger partial charge < -0.3 is 15.0 Å². The van der Waals surface area contributed by atoms with E-state index < -0.39 is 6.04 Å². The molecule has 1 atom stereocenters. The van der Waals surface area contributed by atoms with Crippen LogP contribution in [0.25, 0.3) is 0 Å². The fourth-order valence-electron chi connectivity index (χ4n) is 4.67. The quantitative estimate of drug-likeness (QED) is 0.294. The molecule has 5 nitrogen and oxygen atoms in total. The van der Waals surface area contributed by atoms with E-state index in [-0.39, 0.29) is 24.5 Å². The van der Waals surface area contributed by atoms with E-state index in [2.05, 4.69) is 21.2 Å². The van der Waals surface area contributed by atoms with Gasteiger partial charge in [-0.1, -0.05) is 95.3 Å². The van der Waals surface area contributed by atoms with Crippen LogP contribution in [0.15, 0.2) is 83.3 Å². The minimum Gasteiger partial charge on any atom is -0.484 e. The van der Waals surface area contributed by atoms with Gasteiger partial charge in [0.15, 0.2) is 6.61 Å². The Bertz CT molecular complexity index is 1170. The second kappa shape index (κ2) is 13.6. The molecule has 1 saturated carbocycles. The van der Waals surface area contributed by atoms with Crippen molar-refractivity contribution < 1.29 is 14.3 Å². The van der Waals surface area contributed by atoms with E-state index in [0.717, 1.165) is 41.3 Å². The fraction of sp³-hybridized carbons (Fsp3) is 0.333. The van der Waals surface area contributed by atoms with E-state index in [0.29, 0.717) is 23.7 Å². The summed E-state index contributed by atoms with van der Waals surface area (Å²) in [6, 6.07) is 24.1. The van der Waals surface area contributed by atoms with Gasteiger partial charge in [0, 0.05) is 28.5 Å². The largest absolute Gasteiger partial charge is 0.484 e. The maximum atomic E-state index is 13.8. The number of hydrogen-bond donors (Lipinski definition) is 1. The van der Waals surface area contributed by atoms with Gasteiger partial charge in [0.25, 0.3) is 5.91 Å². The summed E-state index contributed by atoms with van der Waals surface area (Å²) in [4.78, 5) is 29.1. The van der Waals surface area contributed by atoms with Gasteiger partial charge in [0.05, 0.1) is 0 Å². The molecule has 0 radical (unpaired) electrons. The number of benzene rings is 3. The van der Waals surface area contributed by atoms with Crippen LogP contribution in [0, 0.1) is 0 Å². The normalized spacial score (nSPS) is 14.5. The first-order valence-corrected chi connectivity index (χ1v) is 13.9. The zero-order valence-electron chi connectivity index (χ0n) is 20.7. The van der Waals surface area contributed by atoms with Crippen molar-refractivity contribution >= 4 is 39.3 Å². The van der Waals surface area contributed by atoms with E-state index in [9.17, 15) is 9.59 Å². The summed E-state index contributed by atoms with van der Waals surface area (Å²) in [5, 5.41) is 3.78. The second-order valence-corrected chi connectivity index (χ2v) is 10.8. The highest BCUT2D eigenvalue weighted by atomic mass is 79.9. The van der Waals surface area contributed by atoms with Crippen molar-refractivity contribution in [2.75, 3.05) is 6.61 Å². The molecule has 1 aliphatic carbocycles. The van der Waals surface area contributed by atoms with Gasteiger partial charge in [-0.2, -0.15) is 0 Å². The van der Waals surface area contributed by atoms with Gasteiger partial charge in [-0.3, -0.25) is 9.59 Å². The number of nitrogens with zero attached hydrogens (tertiary/aromatic N) is 1. The Morgan fingerprint density at radius 3 is 2.38 bits per heavy atom. The van der Waals surface area contributed by atoms with E-state index in [1.165, 1.54) is 6.42 Å². The van der Waals surface area contributed by atoms with E-state index >= 15 is 0 Å². The number of hydrogen-bond acceptors (Lipinski definition) is 3. The molecule has 0 saturated heterocycles. The van der Waals surface area contributed by atoms with E-state index in [1.807, 2.05) is 54.6 Å². The Hall–Kier alpha value is -2.83. The van der Waals surface area contributed by atoms with Crippen LogP contribution in [0.4, 0.5) is 0 Å². The SMILES string of the molecule is O=C(NC1CCCCC1)C(Cc1ccccc1)N(Cc1ccc(Br)cc1)C(=O)COc1cccc(Cl)c1. The molecule has 37 heavy (non-hydrogen) atoms. The van der Waals surface area contributed by atoms with E-state index in [1.54, 1.807) is 29.2 Å². The highest BCUT2D eigenvalue weighted by Gasteiger charge is 2.32. The summed E-state index contributed by atoms with van der Waals surface area (Å²) in [6.07, 6.45) is 5.80. The first kappa shape index (κ1) is 27.2. The molecule has 3 aromatic rings. The van der Waals surface area contributed by atoms with Crippen molar-refractivity contribution in [1.29, 1.82) is 0 Å². The molecular weight excluding hydrogens is 552 g/mol. The van der Waals surface area contributed by atoms with Crippen LogP contribution >= 0.6 is 27.5 Å². The molecule has 1 N–H and O–H groups in total. The van der Waals surface area contributed by atoms with Gasteiger partial charge >= 0.3 is 0 Å². The maximum absolute atomic E-state index is 13.8. The summed E-state index contributed by atoms with van der Waals surface area (Å²) in [6.45, 7) is 0.0967. The molecule has 1 fully saturated rings. The minimum absolute atomic E-state index is 0.121. The molecule has 1 unspecified atom stereocenters. The number of amides is 2. The predicted octanol–water partition coefficient (Wildman–Crippen LogP) is 6.57. The maximum Gasteiger partial charge on any atom is 0.261 e. The average molecular weight is 584 g/mol. The Labute approximate surface area is 232 Å². The Morgan fingerprint density at radius 2 is 1.68 bits per heavy atom. The zero-order valence-corrected chi connectivity index (χ0v) is 23.1. The summed E-state index contributed by atoms with van der Waals surface area (Å²) in [5.74, 6) is 0.127. The number of rotatable bonds is 10. The second-order valence-electron chi connectivity index (χ2n) is 9.44. The average Bonchev–Trinajstić information content (AvgIpc) is 2.91. The third-order valence-corrected chi connectivity index (χ3v) is 7.41. The molecule has 4 rings (SSSR count). The van der Waals surface area contributed by atoms with Crippen LogP contribution < -0.4 is 10.1 Å². The van der Waals surface area contributed by atoms with Crippen LogP contribution in [0.5, 0.6) is 5.75 Å². The standard InChI is InChI=1S/C30H32BrClN2O3/c31-24-16-14-23(15-17-24)20-34(29(35)21-37-27-13-7-10-25(32)19-27)28(18-22-8-3-1-4-9-22)30(36)33-26-11-5-2-6-12-26/h1,3-4,7-10,13-17,19,26,28H,2,5-6,11-12,18,20-21H2,(H,33,36). The van der Waals surface area contributed by atoms with Crippen LogP contribution in [-0.2, 0) is 22.6 Å². The lowest BCUT2D eigenvalue weighted by Crippen LogP contribution is -2.53. The monoisotopic (exact) mass is 582 g/mol. The molecule has 2 amide bonds. The molecule has 0 aromatic heterocycles. The molecule has 3 aromatic carbocycles. The number of carbonyl (C=O) groups is 2. The molecule has 0 bridgehead atoms.